The number of rotatable bonds is 4. The van der Waals surface area contributed by atoms with Gasteiger partial charge in [-0.25, -0.2) is 0 Å². The van der Waals surface area contributed by atoms with Crippen LogP contribution in [-0.2, 0) is 4.79 Å². The van der Waals surface area contributed by atoms with E-state index in [0.717, 1.165) is 15.3 Å². The Labute approximate surface area is 104 Å². The standard InChI is InChI=1S/C13H13NO2S/c14-10(8-13(15)16)12-7-6-11(17-12)9-4-2-1-3-5-9/h1-7,10H,8,14H2,(H,15,16). The maximum absolute atomic E-state index is 10.6. The monoisotopic (exact) mass is 247 g/mol. The highest BCUT2D eigenvalue weighted by atomic mass is 32.1. The van der Waals surface area contributed by atoms with Crippen LogP contribution in [0.15, 0.2) is 42.5 Å². The third-order valence-corrected chi connectivity index (χ3v) is 3.71. The van der Waals surface area contributed by atoms with Gasteiger partial charge >= 0.3 is 5.97 Å². The lowest BCUT2D eigenvalue weighted by molar-refractivity contribution is -0.137. The number of thiophene rings is 1. The predicted octanol–water partition coefficient (Wildman–Crippen LogP) is 2.89. The van der Waals surface area contributed by atoms with Gasteiger partial charge in [-0.1, -0.05) is 30.3 Å². The zero-order chi connectivity index (χ0) is 12.3. The molecule has 4 heteroatoms. The van der Waals surface area contributed by atoms with Gasteiger partial charge in [-0.2, -0.15) is 0 Å². The van der Waals surface area contributed by atoms with Crippen molar-refractivity contribution in [2.75, 3.05) is 0 Å². The molecule has 0 bridgehead atoms. The second-order valence-electron chi connectivity index (χ2n) is 3.77. The number of nitrogens with two attached hydrogens (primary N) is 1. The molecule has 3 N–H and O–H groups in total. The zero-order valence-corrected chi connectivity index (χ0v) is 9.98. The molecule has 0 aliphatic carbocycles. The van der Waals surface area contributed by atoms with Gasteiger partial charge in [0.25, 0.3) is 0 Å². The third-order valence-electron chi connectivity index (χ3n) is 2.45. The number of benzene rings is 1. The molecule has 2 rings (SSSR count). The molecule has 17 heavy (non-hydrogen) atoms. The lowest BCUT2D eigenvalue weighted by Gasteiger charge is -2.04. The van der Waals surface area contributed by atoms with Crippen LogP contribution in [0.2, 0.25) is 0 Å². The van der Waals surface area contributed by atoms with E-state index in [1.807, 2.05) is 42.5 Å². The summed E-state index contributed by atoms with van der Waals surface area (Å²) in [6.07, 6.45) is -0.0330. The summed E-state index contributed by atoms with van der Waals surface area (Å²) in [6, 6.07) is 13.4. The smallest absolute Gasteiger partial charge is 0.305 e. The van der Waals surface area contributed by atoms with Gasteiger partial charge in [-0.3, -0.25) is 4.79 Å². The molecule has 0 aliphatic rings. The Kier molecular flexibility index (Phi) is 3.56. The lowest BCUT2D eigenvalue weighted by Crippen LogP contribution is -2.13. The summed E-state index contributed by atoms with van der Waals surface area (Å²) in [4.78, 5) is 12.6. The second kappa shape index (κ2) is 5.12. The summed E-state index contributed by atoms with van der Waals surface area (Å²) in [5, 5.41) is 8.69. The van der Waals surface area contributed by atoms with Gasteiger partial charge in [0.1, 0.15) is 0 Å². The van der Waals surface area contributed by atoms with Crippen LogP contribution in [-0.4, -0.2) is 11.1 Å². The molecule has 1 aromatic carbocycles. The van der Waals surface area contributed by atoms with Gasteiger partial charge in [-0.05, 0) is 17.7 Å². The Bertz CT molecular complexity index is 507. The lowest BCUT2D eigenvalue weighted by atomic mass is 10.1. The van der Waals surface area contributed by atoms with E-state index < -0.39 is 12.0 Å². The van der Waals surface area contributed by atoms with Crippen LogP contribution in [0.1, 0.15) is 17.3 Å². The fourth-order valence-electron chi connectivity index (χ4n) is 1.60. The molecule has 0 aliphatic heterocycles. The topological polar surface area (TPSA) is 63.3 Å². The first-order valence-electron chi connectivity index (χ1n) is 5.29. The van der Waals surface area contributed by atoms with Crippen molar-refractivity contribution in [3.63, 3.8) is 0 Å². The Hall–Kier alpha value is -1.65. The average molecular weight is 247 g/mol. The number of hydrogen-bond acceptors (Lipinski definition) is 3. The predicted molar refractivity (Wildman–Crippen MR) is 68.9 cm³/mol. The van der Waals surface area contributed by atoms with Gasteiger partial charge in [-0.15, -0.1) is 11.3 Å². The van der Waals surface area contributed by atoms with Crippen LogP contribution in [0.25, 0.3) is 10.4 Å². The Morgan fingerprint density at radius 2 is 1.94 bits per heavy atom. The summed E-state index contributed by atoms with van der Waals surface area (Å²) in [5.74, 6) is -0.868. The van der Waals surface area contributed by atoms with Crippen molar-refractivity contribution in [2.24, 2.45) is 5.73 Å². The van der Waals surface area contributed by atoms with Crippen molar-refractivity contribution >= 4 is 17.3 Å². The molecule has 0 saturated carbocycles. The van der Waals surface area contributed by atoms with Gasteiger partial charge in [0.15, 0.2) is 0 Å². The second-order valence-corrected chi connectivity index (χ2v) is 4.89. The molecule has 0 spiro atoms. The van der Waals surface area contributed by atoms with Crippen molar-refractivity contribution in [1.82, 2.24) is 0 Å². The van der Waals surface area contributed by atoms with E-state index in [1.165, 1.54) is 0 Å². The number of hydrogen-bond donors (Lipinski definition) is 2. The van der Waals surface area contributed by atoms with Gasteiger partial charge in [0.05, 0.1) is 6.42 Å². The van der Waals surface area contributed by atoms with Crippen LogP contribution < -0.4 is 5.73 Å². The van der Waals surface area contributed by atoms with Gasteiger partial charge in [0.2, 0.25) is 0 Å². The largest absolute Gasteiger partial charge is 0.481 e. The van der Waals surface area contributed by atoms with Gasteiger partial charge in [0, 0.05) is 15.8 Å². The first-order valence-corrected chi connectivity index (χ1v) is 6.11. The number of carboxylic acids is 1. The maximum Gasteiger partial charge on any atom is 0.305 e. The minimum Gasteiger partial charge on any atom is -0.481 e. The first kappa shape index (κ1) is 11.8. The van der Waals surface area contributed by atoms with E-state index in [2.05, 4.69) is 0 Å². The average Bonchev–Trinajstić information content (AvgIpc) is 2.78. The molecular formula is C13H13NO2S. The van der Waals surface area contributed by atoms with Gasteiger partial charge < -0.3 is 10.8 Å². The fraction of sp³-hybridized carbons (Fsp3) is 0.154. The number of aliphatic carboxylic acids is 1. The summed E-state index contributed by atoms with van der Waals surface area (Å²) in [6.45, 7) is 0. The maximum atomic E-state index is 10.6. The van der Waals surface area contributed by atoms with E-state index in [1.54, 1.807) is 11.3 Å². The summed E-state index contributed by atoms with van der Waals surface area (Å²) in [5.41, 5.74) is 6.95. The molecular weight excluding hydrogens is 234 g/mol. The van der Waals surface area contributed by atoms with Crippen LogP contribution in [0, 0.1) is 0 Å². The highest BCUT2D eigenvalue weighted by Gasteiger charge is 2.13. The molecule has 1 heterocycles. The summed E-state index contributed by atoms with van der Waals surface area (Å²) in [7, 11) is 0. The molecule has 88 valence electrons. The van der Waals surface area contributed by atoms with Crippen LogP contribution in [0.3, 0.4) is 0 Å². The van der Waals surface area contributed by atoms with E-state index in [4.69, 9.17) is 10.8 Å². The molecule has 3 nitrogen and oxygen atoms in total. The molecule has 1 atom stereocenters. The number of carboxylic acid groups (broad SMARTS) is 1. The van der Waals surface area contributed by atoms with E-state index >= 15 is 0 Å². The quantitative estimate of drug-likeness (QED) is 0.873. The highest BCUT2D eigenvalue weighted by molar-refractivity contribution is 7.15. The molecule has 0 saturated heterocycles. The molecule has 0 amide bonds. The van der Waals surface area contributed by atoms with Crippen molar-refractivity contribution in [3.05, 3.63) is 47.3 Å². The van der Waals surface area contributed by atoms with Crippen LogP contribution in [0.4, 0.5) is 0 Å². The van der Waals surface area contributed by atoms with E-state index in [-0.39, 0.29) is 6.42 Å². The molecule has 1 unspecified atom stereocenters. The van der Waals surface area contributed by atoms with Crippen molar-refractivity contribution in [1.29, 1.82) is 0 Å². The van der Waals surface area contributed by atoms with Crippen molar-refractivity contribution in [3.8, 4) is 10.4 Å². The highest BCUT2D eigenvalue weighted by Crippen LogP contribution is 2.31. The minimum absolute atomic E-state index is 0.0330. The first-order chi connectivity index (χ1) is 8.16. The zero-order valence-electron chi connectivity index (χ0n) is 9.17. The van der Waals surface area contributed by atoms with Crippen molar-refractivity contribution in [2.45, 2.75) is 12.5 Å². The number of carbonyl (C=O) groups is 1. The van der Waals surface area contributed by atoms with Crippen LogP contribution >= 0.6 is 11.3 Å². The van der Waals surface area contributed by atoms with Crippen LogP contribution in [0.5, 0.6) is 0 Å². The van der Waals surface area contributed by atoms with Crippen molar-refractivity contribution < 1.29 is 9.90 Å². The summed E-state index contributed by atoms with van der Waals surface area (Å²) < 4.78 is 0. The molecule has 0 radical (unpaired) electrons. The normalized spacial score (nSPS) is 12.3. The van der Waals surface area contributed by atoms with E-state index in [9.17, 15) is 4.79 Å². The fourth-order valence-corrected chi connectivity index (χ4v) is 2.61. The molecule has 1 aromatic heterocycles. The minimum atomic E-state index is -0.868. The Balaban J connectivity index is 2.19. The Morgan fingerprint density at radius 3 is 2.59 bits per heavy atom. The Morgan fingerprint density at radius 1 is 1.24 bits per heavy atom. The third kappa shape index (κ3) is 2.93. The van der Waals surface area contributed by atoms with E-state index in [0.29, 0.717) is 0 Å². The molecule has 0 fully saturated rings. The molecule has 2 aromatic rings. The SMILES string of the molecule is NC(CC(=O)O)c1ccc(-c2ccccc2)s1. The summed E-state index contributed by atoms with van der Waals surface area (Å²) >= 11 is 1.55.